The molecule has 0 aliphatic rings. The summed E-state index contributed by atoms with van der Waals surface area (Å²) in [6.07, 6.45) is -3.74. The van der Waals surface area contributed by atoms with Gasteiger partial charge in [0.05, 0.1) is 5.56 Å². The number of halogens is 4. The van der Waals surface area contributed by atoms with Crippen LogP contribution in [0.3, 0.4) is 0 Å². The van der Waals surface area contributed by atoms with Crippen LogP contribution in [0, 0.1) is 11.3 Å². The van der Waals surface area contributed by atoms with Crippen molar-refractivity contribution in [3.05, 3.63) is 57.6 Å². The first-order valence-electron chi connectivity index (χ1n) is 9.01. The lowest BCUT2D eigenvalue weighted by atomic mass is 10.0. The third kappa shape index (κ3) is 4.54. The summed E-state index contributed by atoms with van der Waals surface area (Å²) in [5.41, 5.74) is 1.08. The predicted molar refractivity (Wildman–Crippen MR) is 107 cm³/mol. The minimum absolute atomic E-state index is 0.326. The van der Waals surface area contributed by atoms with Crippen LogP contribution in [0.15, 0.2) is 45.3 Å². The molecule has 7 nitrogen and oxygen atoms in total. The number of aromatic nitrogens is 4. The summed E-state index contributed by atoms with van der Waals surface area (Å²) >= 11 is 3.51. The minimum atomic E-state index is -4.58. The monoisotopic (exact) mass is 491 g/mol. The molecule has 0 bridgehead atoms. The highest BCUT2D eigenvalue weighted by atomic mass is 79.9. The third-order valence-electron chi connectivity index (χ3n) is 4.58. The van der Waals surface area contributed by atoms with Gasteiger partial charge in [0.2, 0.25) is 5.82 Å². The van der Waals surface area contributed by atoms with Gasteiger partial charge >= 0.3 is 6.18 Å². The molecule has 0 radical (unpaired) electrons. The normalized spacial score (nSPS) is 11.6. The number of H-pyrrole nitrogens is 1. The number of nitrogens with zero attached hydrogens (tertiary/aromatic N) is 4. The van der Waals surface area contributed by atoms with Gasteiger partial charge in [0.15, 0.2) is 12.4 Å². The zero-order chi connectivity index (χ0) is 22.0. The van der Waals surface area contributed by atoms with Gasteiger partial charge in [-0.15, -0.1) is 10.2 Å². The number of tetrazole rings is 1. The summed E-state index contributed by atoms with van der Waals surface area (Å²) in [5, 5.41) is 23.0. The molecule has 0 spiro atoms. The first-order chi connectivity index (χ1) is 14.8. The largest absolute Gasteiger partial charge is 0.478 e. The number of aryl methyl sites for hydroxylation is 2. The third-order valence-corrected chi connectivity index (χ3v) is 5.31. The van der Waals surface area contributed by atoms with Crippen LogP contribution in [-0.4, -0.2) is 27.2 Å². The van der Waals surface area contributed by atoms with E-state index in [1.807, 2.05) is 12.1 Å². The fourth-order valence-electron chi connectivity index (χ4n) is 3.14. The second-order valence-corrected chi connectivity index (χ2v) is 7.46. The molecule has 2 aromatic carbocycles. The molecule has 2 aromatic heterocycles. The molecule has 0 aliphatic heterocycles. The van der Waals surface area contributed by atoms with Gasteiger partial charge < -0.3 is 9.15 Å². The van der Waals surface area contributed by atoms with Gasteiger partial charge in [0.25, 0.3) is 0 Å². The van der Waals surface area contributed by atoms with Crippen molar-refractivity contribution in [2.24, 2.45) is 0 Å². The van der Waals surface area contributed by atoms with Crippen molar-refractivity contribution in [3.8, 4) is 23.4 Å². The van der Waals surface area contributed by atoms with E-state index in [2.05, 4.69) is 36.6 Å². The summed E-state index contributed by atoms with van der Waals surface area (Å²) < 4.78 is 51.6. The zero-order valence-electron chi connectivity index (χ0n) is 15.7. The lowest BCUT2D eigenvalue weighted by Crippen LogP contribution is -2.10. The van der Waals surface area contributed by atoms with Gasteiger partial charge in [-0.2, -0.15) is 23.6 Å². The van der Waals surface area contributed by atoms with Crippen LogP contribution in [0.4, 0.5) is 13.2 Å². The van der Waals surface area contributed by atoms with Gasteiger partial charge in [0.1, 0.15) is 17.4 Å². The number of benzene rings is 2. The van der Waals surface area contributed by atoms with Crippen LogP contribution in [0.2, 0.25) is 0 Å². The number of aromatic amines is 1. The van der Waals surface area contributed by atoms with Crippen LogP contribution < -0.4 is 4.74 Å². The molecule has 11 heteroatoms. The van der Waals surface area contributed by atoms with E-state index in [1.165, 1.54) is 6.07 Å². The number of alkyl halides is 3. The number of nitrogens with one attached hydrogen (secondary N) is 1. The Morgan fingerprint density at radius 3 is 2.71 bits per heavy atom. The fraction of sp³-hybridized carbons (Fsp3) is 0.200. The molecule has 0 amide bonds. The highest BCUT2D eigenvalue weighted by molar-refractivity contribution is 9.10. The van der Waals surface area contributed by atoms with Crippen LogP contribution in [0.5, 0.6) is 5.75 Å². The Morgan fingerprint density at radius 1 is 1.16 bits per heavy atom. The number of furan rings is 1. The van der Waals surface area contributed by atoms with E-state index in [4.69, 9.17) is 14.4 Å². The lowest BCUT2D eigenvalue weighted by Gasteiger charge is -2.14. The van der Waals surface area contributed by atoms with Crippen molar-refractivity contribution in [2.45, 2.75) is 19.0 Å². The fourth-order valence-corrected chi connectivity index (χ4v) is 3.70. The number of ether oxygens (including phenoxy) is 1. The van der Waals surface area contributed by atoms with E-state index >= 15 is 0 Å². The van der Waals surface area contributed by atoms with Gasteiger partial charge in [-0.25, -0.2) is 0 Å². The first kappa shape index (κ1) is 20.9. The van der Waals surface area contributed by atoms with Crippen LogP contribution in [0.25, 0.3) is 22.6 Å². The maximum absolute atomic E-state index is 13.4. The van der Waals surface area contributed by atoms with E-state index in [0.717, 1.165) is 21.5 Å². The highest BCUT2D eigenvalue weighted by Gasteiger charge is 2.34. The molecule has 0 aliphatic carbocycles. The molecule has 4 aromatic rings. The number of hydrogen-bond donors (Lipinski definition) is 1. The Labute approximate surface area is 181 Å². The van der Waals surface area contributed by atoms with Crippen molar-refractivity contribution >= 4 is 26.9 Å². The molecular weight excluding hydrogens is 479 g/mol. The van der Waals surface area contributed by atoms with Crippen molar-refractivity contribution in [3.63, 3.8) is 0 Å². The van der Waals surface area contributed by atoms with Gasteiger partial charge in [-0.1, -0.05) is 22.0 Å². The number of rotatable bonds is 6. The molecule has 31 heavy (non-hydrogen) atoms. The molecule has 158 valence electrons. The standard InChI is InChI=1S/C20H13BrF3N5O2/c21-15-8-13-10-18(19-26-28-29-27-19)31-17(13)9-12(15)3-1-11-2-4-16(30-6-5-25)14(7-11)20(22,23)24/h2,4,7-10H,1,3,6H2,(H,26,27,28,29). The molecule has 0 unspecified atom stereocenters. The maximum atomic E-state index is 13.4. The van der Waals surface area contributed by atoms with Crippen molar-refractivity contribution < 1.29 is 22.3 Å². The number of fused-ring (bicyclic) bond motifs is 1. The molecule has 0 fully saturated rings. The summed E-state index contributed by atoms with van der Waals surface area (Å²) in [6, 6.07) is 11.0. The van der Waals surface area contributed by atoms with Crippen molar-refractivity contribution in [1.29, 1.82) is 5.26 Å². The van der Waals surface area contributed by atoms with Gasteiger partial charge in [-0.3, -0.25) is 0 Å². The van der Waals surface area contributed by atoms with E-state index < -0.39 is 18.3 Å². The molecular formula is C20H13BrF3N5O2. The molecule has 4 rings (SSSR count). The smallest absolute Gasteiger partial charge is 0.419 e. The Morgan fingerprint density at radius 2 is 2.00 bits per heavy atom. The SMILES string of the molecule is N#CCOc1ccc(CCc2cc3oc(-c4nn[nH]n4)cc3cc2Br)cc1C(F)(F)F. The first-order valence-corrected chi connectivity index (χ1v) is 9.80. The van der Waals surface area contributed by atoms with E-state index in [0.29, 0.717) is 35.6 Å². The molecule has 0 saturated heterocycles. The Bertz CT molecular complexity index is 1260. The average Bonchev–Trinajstić information content (AvgIpc) is 3.39. The summed E-state index contributed by atoms with van der Waals surface area (Å²) in [7, 11) is 0. The topological polar surface area (TPSA) is 101 Å². The number of nitriles is 1. The second-order valence-electron chi connectivity index (χ2n) is 6.60. The van der Waals surface area contributed by atoms with Crippen molar-refractivity contribution in [2.75, 3.05) is 6.61 Å². The molecule has 1 N–H and O–H groups in total. The average molecular weight is 492 g/mol. The predicted octanol–water partition coefficient (Wildman–Crippen LogP) is 5.08. The summed E-state index contributed by atoms with van der Waals surface area (Å²) in [5.74, 6) is 0.424. The summed E-state index contributed by atoms with van der Waals surface area (Å²) in [6.45, 7) is -0.454. The van der Waals surface area contributed by atoms with Gasteiger partial charge in [0, 0.05) is 9.86 Å². The van der Waals surface area contributed by atoms with E-state index in [9.17, 15) is 13.2 Å². The number of hydrogen-bond acceptors (Lipinski definition) is 6. The Balaban J connectivity index is 1.57. The summed E-state index contributed by atoms with van der Waals surface area (Å²) in [4.78, 5) is 0. The zero-order valence-corrected chi connectivity index (χ0v) is 17.3. The molecule has 0 atom stereocenters. The lowest BCUT2D eigenvalue weighted by molar-refractivity contribution is -0.138. The highest BCUT2D eigenvalue weighted by Crippen LogP contribution is 2.37. The maximum Gasteiger partial charge on any atom is 0.419 e. The second kappa shape index (κ2) is 8.39. The minimum Gasteiger partial charge on any atom is -0.478 e. The van der Waals surface area contributed by atoms with E-state index in [1.54, 1.807) is 18.2 Å². The quantitative estimate of drug-likeness (QED) is 0.403. The Kier molecular flexibility index (Phi) is 5.65. The van der Waals surface area contributed by atoms with Crippen LogP contribution in [-0.2, 0) is 19.0 Å². The van der Waals surface area contributed by atoms with Crippen molar-refractivity contribution in [1.82, 2.24) is 20.6 Å². The molecule has 2 heterocycles. The van der Waals surface area contributed by atoms with Gasteiger partial charge in [-0.05, 0) is 59.5 Å². The van der Waals surface area contributed by atoms with Crippen LogP contribution in [0.1, 0.15) is 16.7 Å². The molecule has 0 saturated carbocycles. The Hall–Kier alpha value is -3.39. The van der Waals surface area contributed by atoms with Crippen LogP contribution >= 0.6 is 15.9 Å². The van der Waals surface area contributed by atoms with E-state index in [-0.39, 0.29) is 5.75 Å².